The van der Waals surface area contributed by atoms with Gasteiger partial charge >= 0.3 is 5.97 Å². The lowest BCUT2D eigenvalue weighted by Gasteiger charge is -2.21. The molecule has 0 aromatic heterocycles. The van der Waals surface area contributed by atoms with Crippen molar-refractivity contribution in [3.63, 3.8) is 0 Å². The summed E-state index contributed by atoms with van der Waals surface area (Å²) < 4.78 is 10.9. The van der Waals surface area contributed by atoms with Crippen molar-refractivity contribution in [3.05, 3.63) is 29.8 Å². The molecular formula is C15H22O3. The lowest BCUT2D eigenvalue weighted by Crippen LogP contribution is -2.22. The van der Waals surface area contributed by atoms with Gasteiger partial charge in [0.2, 0.25) is 0 Å². The predicted molar refractivity (Wildman–Crippen MR) is 71.5 cm³/mol. The molecule has 18 heavy (non-hydrogen) atoms. The highest BCUT2D eigenvalue weighted by atomic mass is 16.5. The Bertz CT molecular complexity index is 385. The number of rotatable bonds is 4. The molecule has 0 heterocycles. The second kappa shape index (κ2) is 5.89. The SMILES string of the molecule is CC(C)C(=O)OCc1ccc(OC(C)(C)C)cc1. The first kappa shape index (κ1) is 14.6. The van der Waals surface area contributed by atoms with Gasteiger partial charge in [-0.15, -0.1) is 0 Å². The van der Waals surface area contributed by atoms with Gasteiger partial charge < -0.3 is 9.47 Å². The molecule has 0 radical (unpaired) electrons. The van der Waals surface area contributed by atoms with Crippen molar-refractivity contribution in [3.8, 4) is 5.75 Å². The molecule has 0 unspecified atom stereocenters. The van der Waals surface area contributed by atoms with Gasteiger partial charge in [0.25, 0.3) is 0 Å². The first-order valence-electron chi connectivity index (χ1n) is 6.22. The normalized spacial score (nSPS) is 11.4. The zero-order valence-electron chi connectivity index (χ0n) is 11.8. The van der Waals surface area contributed by atoms with Crippen LogP contribution in [0.2, 0.25) is 0 Å². The fourth-order valence-corrected chi connectivity index (χ4v) is 1.33. The Morgan fingerprint density at radius 1 is 1.17 bits per heavy atom. The fraction of sp³-hybridized carbons (Fsp3) is 0.533. The minimum atomic E-state index is -0.203. The van der Waals surface area contributed by atoms with Gasteiger partial charge in [0.15, 0.2) is 0 Å². The third kappa shape index (κ3) is 5.21. The van der Waals surface area contributed by atoms with Crippen LogP contribution in [-0.4, -0.2) is 11.6 Å². The maximum Gasteiger partial charge on any atom is 0.308 e. The number of ether oxygens (including phenoxy) is 2. The molecule has 0 atom stereocenters. The molecule has 0 N–H and O–H groups in total. The van der Waals surface area contributed by atoms with E-state index >= 15 is 0 Å². The van der Waals surface area contributed by atoms with Crippen molar-refractivity contribution in [1.82, 2.24) is 0 Å². The monoisotopic (exact) mass is 250 g/mol. The molecule has 1 aromatic rings. The molecule has 0 fully saturated rings. The Morgan fingerprint density at radius 3 is 2.17 bits per heavy atom. The summed E-state index contributed by atoms with van der Waals surface area (Å²) in [6, 6.07) is 7.61. The maximum absolute atomic E-state index is 11.3. The van der Waals surface area contributed by atoms with Crippen molar-refractivity contribution in [2.45, 2.75) is 46.8 Å². The number of benzene rings is 1. The van der Waals surface area contributed by atoms with Crippen molar-refractivity contribution in [1.29, 1.82) is 0 Å². The third-order valence-corrected chi connectivity index (χ3v) is 2.20. The lowest BCUT2D eigenvalue weighted by molar-refractivity contribution is -0.148. The first-order valence-corrected chi connectivity index (χ1v) is 6.22. The van der Waals surface area contributed by atoms with Gasteiger partial charge in [-0.1, -0.05) is 26.0 Å². The van der Waals surface area contributed by atoms with Crippen LogP contribution in [-0.2, 0) is 16.1 Å². The summed E-state index contributed by atoms with van der Waals surface area (Å²) in [5, 5.41) is 0. The van der Waals surface area contributed by atoms with Crippen molar-refractivity contribution >= 4 is 5.97 Å². The van der Waals surface area contributed by atoms with Crippen molar-refractivity contribution in [2.24, 2.45) is 5.92 Å². The second-order valence-electron chi connectivity index (χ2n) is 5.62. The van der Waals surface area contributed by atoms with Gasteiger partial charge in [-0.05, 0) is 38.5 Å². The predicted octanol–water partition coefficient (Wildman–Crippen LogP) is 3.56. The van der Waals surface area contributed by atoms with Gasteiger partial charge in [0, 0.05) is 0 Å². The van der Waals surface area contributed by atoms with E-state index in [1.54, 1.807) is 0 Å². The van der Waals surface area contributed by atoms with Crippen LogP contribution >= 0.6 is 0 Å². The van der Waals surface area contributed by atoms with E-state index in [4.69, 9.17) is 9.47 Å². The van der Waals surface area contributed by atoms with Gasteiger partial charge in [0.1, 0.15) is 18.0 Å². The Morgan fingerprint density at radius 2 is 1.72 bits per heavy atom. The summed E-state index contributed by atoms with van der Waals surface area (Å²) in [5.74, 6) is 0.556. The summed E-state index contributed by atoms with van der Waals surface area (Å²) >= 11 is 0. The summed E-state index contributed by atoms with van der Waals surface area (Å²) in [5.41, 5.74) is 0.760. The van der Waals surface area contributed by atoms with Crippen LogP contribution in [0.3, 0.4) is 0 Å². The Hall–Kier alpha value is -1.51. The quantitative estimate of drug-likeness (QED) is 0.766. The second-order valence-corrected chi connectivity index (χ2v) is 5.62. The standard InChI is InChI=1S/C15H22O3/c1-11(2)14(16)17-10-12-6-8-13(9-7-12)18-15(3,4)5/h6-9,11H,10H2,1-5H3. The average molecular weight is 250 g/mol. The number of carbonyl (C=O) groups is 1. The molecule has 0 aliphatic rings. The molecule has 100 valence electrons. The van der Waals surface area contributed by atoms with E-state index in [9.17, 15) is 4.79 Å². The van der Waals surface area contributed by atoms with Gasteiger partial charge in [0.05, 0.1) is 5.92 Å². The molecule has 0 amide bonds. The third-order valence-electron chi connectivity index (χ3n) is 2.20. The Kier molecular flexibility index (Phi) is 4.76. The molecule has 1 rings (SSSR count). The summed E-state index contributed by atoms with van der Waals surface area (Å²) in [6.07, 6.45) is 0. The van der Waals surface area contributed by atoms with E-state index in [-0.39, 0.29) is 17.5 Å². The molecule has 1 aromatic carbocycles. The molecule has 0 saturated heterocycles. The molecule has 0 saturated carbocycles. The van der Waals surface area contributed by atoms with Crippen LogP contribution in [0.15, 0.2) is 24.3 Å². The van der Waals surface area contributed by atoms with E-state index in [1.807, 2.05) is 58.9 Å². The van der Waals surface area contributed by atoms with Crippen LogP contribution in [0.1, 0.15) is 40.2 Å². The average Bonchev–Trinajstić information content (AvgIpc) is 2.25. The minimum Gasteiger partial charge on any atom is -0.488 e. The van der Waals surface area contributed by atoms with Crippen LogP contribution in [0.25, 0.3) is 0 Å². The van der Waals surface area contributed by atoms with E-state index in [1.165, 1.54) is 0 Å². The van der Waals surface area contributed by atoms with E-state index in [0.717, 1.165) is 11.3 Å². The van der Waals surface area contributed by atoms with Crippen molar-refractivity contribution in [2.75, 3.05) is 0 Å². The molecule has 0 aliphatic heterocycles. The molecule has 0 bridgehead atoms. The minimum absolute atomic E-state index is 0.0894. The number of hydrogen-bond donors (Lipinski definition) is 0. The zero-order chi connectivity index (χ0) is 13.8. The van der Waals surface area contributed by atoms with Crippen molar-refractivity contribution < 1.29 is 14.3 Å². The molecule has 0 spiro atoms. The topological polar surface area (TPSA) is 35.5 Å². The number of carbonyl (C=O) groups excluding carboxylic acids is 1. The lowest BCUT2D eigenvalue weighted by atomic mass is 10.2. The van der Waals surface area contributed by atoms with Gasteiger partial charge in [-0.3, -0.25) is 4.79 Å². The van der Waals surface area contributed by atoms with Crippen LogP contribution in [0, 0.1) is 5.92 Å². The summed E-state index contributed by atoms with van der Waals surface area (Å²) in [7, 11) is 0. The molecule has 3 nitrogen and oxygen atoms in total. The van der Waals surface area contributed by atoms with Crippen LogP contribution in [0.5, 0.6) is 5.75 Å². The van der Waals surface area contributed by atoms with E-state index in [2.05, 4.69) is 0 Å². The Balaban J connectivity index is 2.53. The largest absolute Gasteiger partial charge is 0.488 e. The van der Waals surface area contributed by atoms with Gasteiger partial charge in [-0.25, -0.2) is 0 Å². The zero-order valence-corrected chi connectivity index (χ0v) is 11.8. The highest BCUT2D eigenvalue weighted by molar-refractivity contribution is 5.71. The number of esters is 1. The number of hydrogen-bond acceptors (Lipinski definition) is 3. The maximum atomic E-state index is 11.3. The van der Waals surface area contributed by atoms with E-state index < -0.39 is 0 Å². The molecular weight excluding hydrogens is 228 g/mol. The highest BCUT2D eigenvalue weighted by Crippen LogP contribution is 2.18. The molecule has 0 aliphatic carbocycles. The highest BCUT2D eigenvalue weighted by Gasteiger charge is 2.12. The van der Waals surface area contributed by atoms with E-state index in [0.29, 0.717) is 6.61 Å². The first-order chi connectivity index (χ1) is 8.28. The molecule has 3 heteroatoms. The summed E-state index contributed by atoms with van der Waals surface area (Å²) in [6.45, 7) is 9.97. The Labute approximate surface area is 109 Å². The fourth-order valence-electron chi connectivity index (χ4n) is 1.33. The van der Waals surface area contributed by atoms with Gasteiger partial charge in [-0.2, -0.15) is 0 Å². The smallest absolute Gasteiger partial charge is 0.308 e. The van der Waals surface area contributed by atoms with Crippen LogP contribution in [0.4, 0.5) is 0 Å². The summed E-state index contributed by atoms with van der Waals surface area (Å²) in [4.78, 5) is 11.3. The van der Waals surface area contributed by atoms with Crippen LogP contribution < -0.4 is 4.74 Å².